The van der Waals surface area contributed by atoms with Crippen LogP contribution >= 0.6 is 0 Å². The molecule has 5 heteroatoms. The molecule has 1 aromatic carbocycles. The van der Waals surface area contributed by atoms with E-state index in [4.69, 9.17) is 0 Å². The summed E-state index contributed by atoms with van der Waals surface area (Å²) < 4.78 is 0. The van der Waals surface area contributed by atoms with Gasteiger partial charge in [0.25, 0.3) is 0 Å². The summed E-state index contributed by atoms with van der Waals surface area (Å²) in [7, 11) is 0. The van der Waals surface area contributed by atoms with Gasteiger partial charge >= 0.3 is 6.03 Å². The van der Waals surface area contributed by atoms with Gasteiger partial charge in [-0.1, -0.05) is 26.0 Å². The first-order chi connectivity index (χ1) is 10.4. The van der Waals surface area contributed by atoms with Crippen LogP contribution in [0.3, 0.4) is 0 Å². The van der Waals surface area contributed by atoms with Crippen LogP contribution in [0.1, 0.15) is 45.6 Å². The molecule has 1 aliphatic heterocycles. The number of likely N-dealkylation sites (tertiary alicyclic amines) is 1. The van der Waals surface area contributed by atoms with Crippen molar-refractivity contribution in [2.24, 2.45) is 0 Å². The lowest BCUT2D eigenvalue weighted by Gasteiger charge is -2.21. The molecule has 5 nitrogen and oxygen atoms in total. The van der Waals surface area contributed by atoms with Crippen molar-refractivity contribution in [3.8, 4) is 0 Å². The first kappa shape index (κ1) is 16.3. The first-order valence-corrected chi connectivity index (χ1v) is 7.83. The number of hydrogen-bond acceptors (Lipinski definition) is 2. The van der Waals surface area contributed by atoms with Crippen molar-refractivity contribution in [3.63, 3.8) is 0 Å². The van der Waals surface area contributed by atoms with Crippen LogP contribution in [0.25, 0.3) is 0 Å². The summed E-state index contributed by atoms with van der Waals surface area (Å²) in [5.41, 5.74) is 1.99. The molecule has 0 saturated carbocycles. The van der Waals surface area contributed by atoms with Gasteiger partial charge < -0.3 is 15.5 Å². The van der Waals surface area contributed by atoms with E-state index in [2.05, 4.69) is 24.5 Å². The molecule has 0 spiro atoms. The van der Waals surface area contributed by atoms with Gasteiger partial charge in [0, 0.05) is 24.7 Å². The zero-order chi connectivity index (χ0) is 16.3. The maximum absolute atomic E-state index is 12.0. The van der Waals surface area contributed by atoms with E-state index in [1.807, 2.05) is 38.1 Å². The summed E-state index contributed by atoms with van der Waals surface area (Å²) in [6.45, 7) is 8.81. The minimum absolute atomic E-state index is 0.0987. The predicted octanol–water partition coefficient (Wildman–Crippen LogP) is 2.94. The molecule has 1 heterocycles. The minimum atomic E-state index is -0.263. The number of anilines is 1. The van der Waals surface area contributed by atoms with Crippen LogP contribution in [0, 0.1) is 0 Å². The Morgan fingerprint density at radius 1 is 1.18 bits per heavy atom. The van der Waals surface area contributed by atoms with Gasteiger partial charge in [-0.3, -0.25) is 4.79 Å². The topological polar surface area (TPSA) is 61.4 Å². The smallest absolute Gasteiger partial charge is 0.319 e. The molecule has 22 heavy (non-hydrogen) atoms. The number of hydrogen-bond donors (Lipinski definition) is 2. The second kappa shape index (κ2) is 6.81. The summed E-state index contributed by atoms with van der Waals surface area (Å²) in [5, 5.41) is 5.68. The number of nitrogens with zero attached hydrogens (tertiary/aromatic N) is 1. The zero-order valence-corrected chi connectivity index (χ0v) is 13.7. The molecule has 1 aliphatic rings. The van der Waals surface area contributed by atoms with Crippen LogP contribution < -0.4 is 10.6 Å². The number of nitrogens with one attached hydrogen (secondary N) is 2. The fourth-order valence-corrected chi connectivity index (χ4v) is 2.63. The zero-order valence-electron chi connectivity index (χ0n) is 13.7. The molecule has 2 rings (SSSR count). The normalized spacial score (nSPS) is 18.2. The lowest BCUT2D eigenvalue weighted by atomic mass is 10.0. The van der Waals surface area contributed by atoms with E-state index in [9.17, 15) is 9.59 Å². The van der Waals surface area contributed by atoms with Gasteiger partial charge in [0.15, 0.2) is 0 Å². The summed E-state index contributed by atoms with van der Waals surface area (Å²) >= 11 is 0. The van der Waals surface area contributed by atoms with E-state index in [-0.39, 0.29) is 24.0 Å². The molecule has 1 saturated heterocycles. The van der Waals surface area contributed by atoms with E-state index < -0.39 is 0 Å². The van der Waals surface area contributed by atoms with E-state index in [0.717, 1.165) is 5.69 Å². The monoisotopic (exact) mass is 303 g/mol. The molecular formula is C17H25N3O2. The van der Waals surface area contributed by atoms with E-state index in [1.165, 1.54) is 5.56 Å². The molecule has 0 bridgehead atoms. The maximum atomic E-state index is 12.0. The Hall–Kier alpha value is -2.04. The highest BCUT2D eigenvalue weighted by molar-refractivity contribution is 5.90. The molecule has 0 radical (unpaired) electrons. The van der Waals surface area contributed by atoms with Gasteiger partial charge in [0.1, 0.15) is 0 Å². The molecule has 120 valence electrons. The maximum Gasteiger partial charge on any atom is 0.319 e. The number of benzene rings is 1. The predicted molar refractivity (Wildman–Crippen MR) is 87.9 cm³/mol. The van der Waals surface area contributed by atoms with Crippen LogP contribution in [-0.2, 0) is 4.79 Å². The lowest BCUT2D eigenvalue weighted by molar-refractivity contribution is -0.129. The van der Waals surface area contributed by atoms with Crippen LogP contribution in [0.2, 0.25) is 0 Å². The number of amides is 3. The molecule has 2 N–H and O–H groups in total. The van der Waals surface area contributed by atoms with Gasteiger partial charge in [-0.25, -0.2) is 4.79 Å². The Morgan fingerprint density at radius 3 is 2.32 bits per heavy atom. The molecule has 1 fully saturated rings. The summed E-state index contributed by atoms with van der Waals surface area (Å²) in [6.07, 6.45) is 0.373. The van der Waals surface area contributed by atoms with Crippen molar-refractivity contribution in [1.29, 1.82) is 0 Å². The molecule has 1 atom stereocenters. The largest absolute Gasteiger partial charge is 0.338 e. The van der Waals surface area contributed by atoms with Gasteiger partial charge in [-0.05, 0) is 37.5 Å². The summed E-state index contributed by atoms with van der Waals surface area (Å²) in [4.78, 5) is 25.6. The second-order valence-electron chi connectivity index (χ2n) is 6.42. The molecular weight excluding hydrogens is 278 g/mol. The van der Waals surface area contributed by atoms with E-state index in [1.54, 1.807) is 4.90 Å². The average molecular weight is 303 g/mol. The Labute approximate surface area is 132 Å². The average Bonchev–Trinajstić information content (AvgIpc) is 2.80. The van der Waals surface area contributed by atoms with Crippen molar-refractivity contribution in [3.05, 3.63) is 29.8 Å². The standard InChI is InChI=1S/C17H25N3O2/c1-11(2)13-5-7-14(8-6-13)18-17(22)19-15-9-16(21)20(10-15)12(3)4/h5-8,11-12,15H,9-10H2,1-4H3,(H2,18,19,22). The van der Waals surface area contributed by atoms with Crippen molar-refractivity contribution in [1.82, 2.24) is 10.2 Å². The van der Waals surface area contributed by atoms with Gasteiger partial charge in [0.2, 0.25) is 5.91 Å². The Kier molecular flexibility index (Phi) is 5.06. The van der Waals surface area contributed by atoms with Crippen molar-refractivity contribution < 1.29 is 9.59 Å². The Bertz CT molecular complexity index is 537. The second-order valence-corrected chi connectivity index (χ2v) is 6.42. The molecule has 0 aliphatic carbocycles. The Balaban J connectivity index is 1.87. The Morgan fingerprint density at radius 2 is 1.82 bits per heavy atom. The highest BCUT2D eigenvalue weighted by atomic mass is 16.2. The SMILES string of the molecule is CC(C)c1ccc(NC(=O)NC2CC(=O)N(C(C)C)C2)cc1. The molecule has 1 aromatic rings. The highest BCUT2D eigenvalue weighted by Gasteiger charge is 2.31. The summed E-state index contributed by atoms with van der Waals surface area (Å²) in [5.74, 6) is 0.566. The first-order valence-electron chi connectivity index (χ1n) is 7.83. The molecule has 0 aromatic heterocycles. The molecule has 3 amide bonds. The van der Waals surface area contributed by atoms with Gasteiger partial charge in [-0.2, -0.15) is 0 Å². The van der Waals surface area contributed by atoms with Gasteiger partial charge in [0.05, 0.1) is 6.04 Å². The van der Waals surface area contributed by atoms with Crippen LogP contribution in [-0.4, -0.2) is 35.5 Å². The fourth-order valence-electron chi connectivity index (χ4n) is 2.63. The van der Waals surface area contributed by atoms with Crippen molar-refractivity contribution in [2.75, 3.05) is 11.9 Å². The third kappa shape index (κ3) is 4.00. The number of urea groups is 1. The number of carbonyl (C=O) groups excluding carboxylic acids is 2. The van der Waals surface area contributed by atoms with E-state index in [0.29, 0.717) is 18.9 Å². The molecule has 1 unspecified atom stereocenters. The van der Waals surface area contributed by atoms with Crippen LogP contribution in [0.4, 0.5) is 10.5 Å². The lowest BCUT2D eigenvalue weighted by Crippen LogP contribution is -2.40. The fraction of sp³-hybridized carbons (Fsp3) is 0.529. The third-order valence-electron chi connectivity index (χ3n) is 3.95. The highest BCUT2D eigenvalue weighted by Crippen LogP contribution is 2.18. The van der Waals surface area contributed by atoms with Crippen molar-refractivity contribution in [2.45, 2.75) is 52.1 Å². The third-order valence-corrected chi connectivity index (χ3v) is 3.95. The van der Waals surface area contributed by atoms with E-state index >= 15 is 0 Å². The number of carbonyl (C=O) groups is 2. The van der Waals surface area contributed by atoms with Crippen molar-refractivity contribution >= 4 is 17.6 Å². The summed E-state index contributed by atoms with van der Waals surface area (Å²) in [6, 6.07) is 7.61. The van der Waals surface area contributed by atoms with Gasteiger partial charge in [-0.15, -0.1) is 0 Å². The number of rotatable bonds is 4. The quantitative estimate of drug-likeness (QED) is 0.898. The van der Waals surface area contributed by atoms with Crippen LogP contribution in [0.15, 0.2) is 24.3 Å². The van der Waals surface area contributed by atoms with Crippen LogP contribution in [0.5, 0.6) is 0 Å². The minimum Gasteiger partial charge on any atom is -0.338 e.